The van der Waals surface area contributed by atoms with Crippen LogP contribution in [0.25, 0.3) is 5.57 Å². The second-order valence-corrected chi connectivity index (χ2v) is 27.5. The van der Waals surface area contributed by atoms with Crippen LogP contribution in [0.3, 0.4) is 0 Å². The van der Waals surface area contributed by atoms with Gasteiger partial charge in [0.05, 0.1) is 55.6 Å². The number of phenols is 1. The summed E-state index contributed by atoms with van der Waals surface area (Å²) in [6.07, 6.45) is 3.64. The highest BCUT2D eigenvalue weighted by Gasteiger charge is 2.38. The minimum atomic E-state index is -1.66. The zero-order chi connectivity index (χ0) is 72.9. The average molecular weight is 1370 g/mol. The van der Waals surface area contributed by atoms with Gasteiger partial charge in [0.25, 0.3) is 0 Å². The fourth-order valence-corrected chi connectivity index (χ4v) is 13.1. The van der Waals surface area contributed by atoms with Crippen molar-refractivity contribution in [2.75, 3.05) is 19.8 Å². The maximum Gasteiger partial charge on any atom is 0.304 e. The third-order valence-electron chi connectivity index (χ3n) is 18.4. The first-order chi connectivity index (χ1) is 47.0. The molecule has 0 heterocycles. The molecule has 0 aromatic heterocycles. The number of hydrogen-bond donors (Lipinski definition) is 12. The van der Waals surface area contributed by atoms with E-state index in [-0.39, 0.29) is 87.4 Å². The average Bonchev–Trinajstić information content (AvgIpc) is 1.74. The highest BCUT2D eigenvalue weighted by Crippen LogP contribution is 2.33. The lowest BCUT2D eigenvalue weighted by molar-refractivity contribution is -0.143. The van der Waals surface area contributed by atoms with E-state index < -0.39 is 182 Å². The third-order valence-corrected chi connectivity index (χ3v) is 18.4. The Bertz CT molecular complexity index is 3330. The number of primary amides is 1. The van der Waals surface area contributed by atoms with Crippen LogP contribution in [0.4, 0.5) is 0 Å². The van der Waals surface area contributed by atoms with Crippen molar-refractivity contribution in [2.45, 2.75) is 193 Å². The molecular formula is C74H103N9O16. The second kappa shape index (κ2) is 40.8. The maximum absolute atomic E-state index is 15.0. The lowest BCUT2D eigenvalue weighted by atomic mass is 9.82. The van der Waals surface area contributed by atoms with Gasteiger partial charge in [-0.25, -0.2) is 0 Å². The van der Waals surface area contributed by atoms with E-state index in [9.17, 15) is 78.0 Å². The fraction of sp³-hybridized carbons (Fsp3) is 0.554. The minimum Gasteiger partial charge on any atom is -0.508 e. The predicted octanol–water partition coefficient (Wildman–Crippen LogP) is 4.59. The lowest BCUT2D eigenvalue weighted by Gasteiger charge is -2.29. The van der Waals surface area contributed by atoms with Gasteiger partial charge in [-0.15, -0.1) is 0 Å². The van der Waals surface area contributed by atoms with Gasteiger partial charge in [-0.05, 0) is 109 Å². The van der Waals surface area contributed by atoms with E-state index in [1.807, 2.05) is 58.0 Å². The molecule has 3 aromatic rings. The molecule has 1 fully saturated rings. The normalized spacial score (nSPS) is 15.9. The van der Waals surface area contributed by atoms with Crippen molar-refractivity contribution >= 4 is 81.9 Å². The van der Waals surface area contributed by atoms with E-state index in [4.69, 9.17) is 17.2 Å². The molecule has 3 aromatic carbocycles. The number of allylic oxidation sites excluding steroid dienone is 1. The number of aliphatic imine (C=N–C) groups is 1. The van der Waals surface area contributed by atoms with Gasteiger partial charge in [-0.1, -0.05) is 133 Å². The lowest BCUT2D eigenvalue weighted by Crippen LogP contribution is -2.50. The number of nitrogens with two attached hydrogens (primary N) is 3. The minimum absolute atomic E-state index is 0.00586. The van der Waals surface area contributed by atoms with Gasteiger partial charge in [0.1, 0.15) is 11.8 Å². The molecule has 15 N–H and O–H groups in total. The van der Waals surface area contributed by atoms with Crippen molar-refractivity contribution < 1.29 is 78.0 Å². The third kappa shape index (κ3) is 27.7. The fourth-order valence-electron chi connectivity index (χ4n) is 13.1. The van der Waals surface area contributed by atoms with Crippen LogP contribution in [-0.4, -0.2) is 147 Å². The number of guanidine groups is 1. The number of aromatic hydroxyl groups is 1. The molecule has 5 rings (SSSR count). The Morgan fingerprint density at radius 3 is 1.62 bits per heavy atom. The Labute approximate surface area is 579 Å². The van der Waals surface area contributed by atoms with E-state index in [2.05, 4.69) is 31.6 Å². The molecule has 0 radical (unpaired) electrons. The number of aliphatic carboxylic acids is 1. The molecule has 6 amide bonds. The molecule has 0 spiro atoms. The van der Waals surface area contributed by atoms with Crippen molar-refractivity contribution in [1.82, 2.24) is 26.6 Å². The van der Waals surface area contributed by atoms with Crippen LogP contribution in [0.1, 0.15) is 166 Å². The number of nitrogens with zero attached hydrogens (tertiary/aromatic N) is 1. The smallest absolute Gasteiger partial charge is 0.304 e. The van der Waals surface area contributed by atoms with Gasteiger partial charge in [0.2, 0.25) is 35.4 Å². The first kappa shape index (κ1) is 80.7. The summed E-state index contributed by atoms with van der Waals surface area (Å²) in [6.45, 7) is 6.93. The van der Waals surface area contributed by atoms with Crippen LogP contribution >= 0.6 is 0 Å². The number of benzene rings is 3. The molecule has 1 unspecified atom stereocenters. The molecule has 1 saturated carbocycles. The number of fused-ring (bicyclic) bond motifs is 1. The van der Waals surface area contributed by atoms with Gasteiger partial charge in [0.15, 0.2) is 34.9 Å². The van der Waals surface area contributed by atoms with E-state index in [0.29, 0.717) is 17.5 Å². The Morgan fingerprint density at radius 1 is 0.515 bits per heavy atom. The number of aliphatic hydroxyl groups excluding tert-OH is 2. The highest BCUT2D eigenvalue weighted by atomic mass is 16.4. The Morgan fingerprint density at radius 2 is 1.02 bits per heavy atom. The zero-order valence-corrected chi connectivity index (χ0v) is 57.7. The van der Waals surface area contributed by atoms with Gasteiger partial charge in [0, 0.05) is 69.7 Å². The number of carbonyl (C=O) groups is 12. The number of carboxylic acid groups (broad SMARTS) is 1. The monoisotopic (exact) mass is 1370 g/mol. The maximum atomic E-state index is 15.0. The Hall–Kier alpha value is -8.97. The Balaban J connectivity index is 1.43. The van der Waals surface area contributed by atoms with Crippen LogP contribution in [-0.2, 0) is 76.8 Å². The highest BCUT2D eigenvalue weighted by molar-refractivity contribution is 6.00. The first-order valence-electron chi connectivity index (χ1n) is 34.5. The number of amides is 6. The summed E-state index contributed by atoms with van der Waals surface area (Å²) in [5.41, 5.74) is 20.5. The van der Waals surface area contributed by atoms with Crippen LogP contribution in [0, 0.1) is 47.3 Å². The SMILES string of the molecule is CC(=O)NC(CC(C)C)C(=O)C[C@@H](CC(=O)O)C(=O)N[C@@H](CC1CCCCC1)C(=O)C[C@@H](Cc1ccccc1)C(=O)N[C@H](CO)C(=O)C[C@H](CCCN=C(N)N)C(=O)N[C@@H](Cc1ccc(O)cc1)C(=O)C[C@@H](CC(C)C)C(=O)N[C@@H](CC1=CCc2ccccc21)C(=O)C[C@@H](CO)C(N)=O. The van der Waals surface area contributed by atoms with E-state index in [1.54, 1.807) is 30.3 Å². The van der Waals surface area contributed by atoms with Crippen LogP contribution in [0.2, 0.25) is 0 Å². The molecule has 2 aliphatic carbocycles. The molecule has 25 nitrogen and oxygen atoms in total. The summed E-state index contributed by atoms with van der Waals surface area (Å²) in [5, 5.41) is 54.7. The van der Waals surface area contributed by atoms with Gasteiger partial charge >= 0.3 is 5.97 Å². The van der Waals surface area contributed by atoms with E-state index in [0.717, 1.165) is 48.8 Å². The molecule has 25 heteroatoms. The number of hydrogen-bond acceptors (Lipinski definition) is 16. The molecule has 540 valence electrons. The summed E-state index contributed by atoms with van der Waals surface area (Å²) < 4.78 is 0. The number of ketones is 5. The number of carbonyl (C=O) groups excluding carboxylic acids is 11. The summed E-state index contributed by atoms with van der Waals surface area (Å²) in [6, 6.07) is 15.6. The topological polar surface area (TPSA) is 436 Å². The van der Waals surface area contributed by atoms with Gasteiger partial charge < -0.3 is 64.2 Å². The van der Waals surface area contributed by atoms with Crippen molar-refractivity contribution in [3.05, 3.63) is 107 Å². The van der Waals surface area contributed by atoms with Gasteiger partial charge in [-0.3, -0.25) is 62.5 Å². The molecule has 0 bridgehead atoms. The van der Waals surface area contributed by atoms with Crippen molar-refractivity contribution in [1.29, 1.82) is 0 Å². The summed E-state index contributed by atoms with van der Waals surface area (Å²) in [7, 11) is 0. The second-order valence-electron chi connectivity index (χ2n) is 27.5. The van der Waals surface area contributed by atoms with Gasteiger partial charge in [-0.2, -0.15) is 0 Å². The number of phenolic OH excluding ortho intramolecular Hbond substituents is 1. The summed E-state index contributed by atoms with van der Waals surface area (Å²) >= 11 is 0. The number of aliphatic hydroxyl groups is 2. The predicted molar refractivity (Wildman–Crippen MR) is 371 cm³/mol. The number of rotatable bonds is 45. The van der Waals surface area contributed by atoms with E-state index >= 15 is 0 Å². The van der Waals surface area contributed by atoms with Crippen LogP contribution in [0.5, 0.6) is 5.75 Å². The number of Topliss-reactive ketones (excluding diaryl/α,β-unsaturated/α-hetero) is 5. The summed E-state index contributed by atoms with van der Waals surface area (Å²) in [5.74, 6) is -16.0. The molecule has 0 saturated heterocycles. The quantitative estimate of drug-likeness (QED) is 0.0209. The summed E-state index contributed by atoms with van der Waals surface area (Å²) in [4.78, 5) is 172. The zero-order valence-electron chi connectivity index (χ0n) is 57.7. The molecule has 99 heavy (non-hydrogen) atoms. The van der Waals surface area contributed by atoms with E-state index in [1.165, 1.54) is 31.2 Å². The van der Waals surface area contributed by atoms with Crippen molar-refractivity contribution in [3.8, 4) is 5.75 Å². The van der Waals surface area contributed by atoms with Crippen LogP contribution in [0.15, 0.2) is 89.9 Å². The number of nitrogens with one attached hydrogen (secondary N) is 5. The number of carboxylic acids is 1. The molecular weight excluding hydrogens is 1270 g/mol. The van der Waals surface area contributed by atoms with Crippen molar-refractivity contribution in [3.63, 3.8) is 0 Å². The molecule has 10 atom stereocenters. The molecule has 0 aliphatic heterocycles. The Kier molecular flexibility index (Phi) is 33.3. The van der Waals surface area contributed by atoms with Crippen LogP contribution < -0.4 is 43.8 Å². The largest absolute Gasteiger partial charge is 0.508 e. The molecule has 2 aliphatic rings. The standard InChI is InChI=1S/C74H103N9O16/c1-43(2)29-52(71(97)82-61(66(91)39-55(41-84)69(75)95)34-50-25-24-49-19-12-13-21-57(49)50)36-64(89)60(33-48-22-26-56(87)27-23-48)80-70(96)51(20-14-28-78-74(76)77)35-67(92)62(42-85)83-72(98)53(31-46-15-8-6-9-16-46)37-65(90)59(32-47-17-10-7-11-18-47)81-73(99)54(40-68(93)94)38-63(88)58(30-44(3)4)79-45(5)86/h6,8-9,12-13,15-16,19,21-23,25-27,43-44,47,51-55,58-62,84-85,87H,7,10-11,14,17-18,20,24,28-42H2,1-5H3,(H2,75,95)(H,79,86)(H,80,96)(H,81,99)(H,82,97)(H,83,98)(H,93,94)(H4,76,77,78)/t51-,52+,53+,54-,55-,58?,59-,60-,61-,62+/m0/s1. The first-order valence-corrected chi connectivity index (χ1v) is 34.5. The van der Waals surface area contributed by atoms with Crippen molar-refractivity contribution in [2.24, 2.45) is 69.5 Å².